The molecule has 1 heterocycles. The van der Waals surface area contributed by atoms with Crippen molar-refractivity contribution >= 4 is 22.8 Å². The molecule has 0 aliphatic rings. The molecule has 0 spiro atoms. The van der Waals surface area contributed by atoms with E-state index in [1.807, 2.05) is 49.4 Å². The lowest BCUT2D eigenvalue weighted by molar-refractivity contribution is 0.0963. The quantitative estimate of drug-likeness (QED) is 0.425. The fourth-order valence-electron chi connectivity index (χ4n) is 3.21. The molecule has 152 valence electrons. The number of aliphatic imine (C=N–C) groups is 1. The van der Waals surface area contributed by atoms with Crippen LogP contribution in [-0.4, -0.2) is 32.0 Å². The van der Waals surface area contributed by atoms with Crippen molar-refractivity contribution in [3.8, 4) is 0 Å². The summed E-state index contributed by atoms with van der Waals surface area (Å²) in [5.74, 6) is 1.55. The Morgan fingerprint density at radius 1 is 1.10 bits per heavy atom. The zero-order chi connectivity index (χ0) is 20.6. The van der Waals surface area contributed by atoms with E-state index in [4.69, 9.17) is 4.42 Å². The topological polar surface area (TPSA) is 78.7 Å². The summed E-state index contributed by atoms with van der Waals surface area (Å²) < 4.78 is 5.95. The van der Waals surface area contributed by atoms with Crippen molar-refractivity contribution in [2.45, 2.75) is 26.8 Å². The molecule has 0 aliphatic carbocycles. The maximum absolute atomic E-state index is 11.8. The van der Waals surface area contributed by atoms with Crippen LogP contribution in [0, 0.1) is 6.92 Å². The van der Waals surface area contributed by atoms with Gasteiger partial charge >= 0.3 is 0 Å². The second kappa shape index (κ2) is 9.78. The Bertz CT molecular complexity index is 1010. The molecular weight excluding hydrogens is 364 g/mol. The second-order valence-electron chi connectivity index (χ2n) is 6.80. The van der Waals surface area contributed by atoms with Gasteiger partial charge in [-0.2, -0.15) is 0 Å². The van der Waals surface area contributed by atoms with Crippen molar-refractivity contribution in [3.63, 3.8) is 0 Å². The van der Waals surface area contributed by atoms with Crippen LogP contribution in [0.1, 0.15) is 34.2 Å². The molecule has 3 N–H and O–H groups in total. The van der Waals surface area contributed by atoms with Crippen LogP contribution >= 0.6 is 0 Å². The molecule has 0 fully saturated rings. The highest BCUT2D eigenvalue weighted by Gasteiger charge is 2.10. The highest BCUT2D eigenvalue weighted by molar-refractivity contribution is 5.94. The van der Waals surface area contributed by atoms with Gasteiger partial charge in [-0.25, -0.2) is 4.99 Å². The number of rotatable bonds is 7. The SMILES string of the molecule is CCNC(=NCc1oc2ccccc2c1C)NCCc1cccc(C(=O)NC)c1. The smallest absolute Gasteiger partial charge is 0.251 e. The van der Waals surface area contributed by atoms with Crippen LogP contribution in [0.2, 0.25) is 0 Å². The van der Waals surface area contributed by atoms with E-state index in [-0.39, 0.29) is 5.91 Å². The molecule has 0 bridgehead atoms. The molecule has 3 rings (SSSR count). The van der Waals surface area contributed by atoms with Gasteiger partial charge in [-0.15, -0.1) is 0 Å². The number of guanidine groups is 1. The molecule has 0 unspecified atom stereocenters. The molecule has 1 aromatic heterocycles. The highest BCUT2D eigenvalue weighted by atomic mass is 16.3. The first-order chi connectivity index (χ1) is 14.1. The largest absolute Gasteiger partial charge is 0.459 e. The Labute approximate surface area is 171 Å². The van der Waals surface area contributed by atoms with E-state index in [9.17, 15) is 4.79 Å². The molecule has 6 nitrogen and oxygen atoms in total. The lowest BCUT2D eigenvalue weighted by Gasteiger charge is -2.11. The first-order valence-corrected chi connectivity index (χ1v) is 9.92. The summed E-state index contributed by atoms with van der Waals surface area (Å²) in [5.41, 5.74) is 3.80. The molecule has 0 aliphatic heterocycles. The first kappa shape index (κ1) is 20.5. The van der Waals surface area contributed by atoms with Crippen molar-refractivity contribution in [2.24, 2.45) is 4.99 Å². The number of fused-ring (bicyclic) bond motifs is 1. The van der Waals surface area contributed by atoms with Crippen molar-refractivity contribution < 1.29 is 9.21 Å². The minimum Gasteiger partial charge on any atom is -0.459 e. The third kappa shape index (κ3) is 5.16. The third-order valence-corrected chi connectivity index (χ3v) is 4.79. The Balaban J connectivity index is 1.62. The van der Waals surface area contributed by atoms with E-state index in [0.717, 1.165) is 46.8 Å². The third-order valence-electron chi connectivity index (χ3n) is 4.79. The fourth-order valence-corrected chi connectivity index (χ4v) is 3.21. The van der Waals surface area contributed by atoms with Crippen LogP contribution in [0.25, 0.3) is 11.0 Å². The van der Waals surface area contributed by atoms with Crippen LogP contribution in [0.5, 0.6) is 0 Å². The lowest BCUT2D eigenvalue weighted by Crippen LogP contribution is -2.38. The number of benzene rings is 2. The highest BCUT2D eigenvalue weighted by Crippen LogP contribution is 2.25. The van der Waals surface area contributed by atoms with E-state index in [0.29, 0.717) is 18.7 Å². The van der Waals surface area contributed by atoms with E-state index in [2.05, 4.69) is 33.9 Å². The number of nitrogens with zero attached hydrogens (tertiary/aromatic N) is 1. The van der Waals surface area contributed by atoms with Crippen LogP contribution in [-0.2, 0) is 13.0 Å². The molecule has 29 heavy (non-hydrogen) atoms. The van der Waals surface area contributed by atoms with Crippen molar-refractivity contribution in [1.29, 1.82) is 0 Å². The summed E-state index contributed by atoms with van der Waals surface area (Å²) in [5, 5.41) is 10.4. The van der Waals surface area contributed by atoms with Crippen LogP contribution in [0.3, 0.4) is 0 Å². The average Bonchev–Trinajstić information content (AvgIpc) is 3.07. The second-order valence-corrected chi connectivity index (χ2v) is 6.80. The van der Waals surface area contributed by atoms with Crippen LogP contribution < -0.4 is 16.0 Å². The maximum atomic E-state index is 11.8. The zero-order valence-corrected chi connectivity index (χ0v) is 17.2. The molecule has 6 heteroatoms. The van der Waals surface area contributed by atoms with E-state index >= 15 is 0 Å². The Hall–Kier alpha value is -3.28. The van der Waals surface area contributed by atoms with Gasteiger partial charge in [0.2, 0.25) is 0 Å². The number of amides is 1. The molecular formula is C23H28N4O2. The number of carbonyl (C=O) groups is 1. The minimum absolute atomic E-state index is 0.0732. The van der Waals surface area contributed by atoms with Crippen molar-refractivity contribution in [2.75, 3.05) is 20.1 Å². The van der Waals surface area contributed by atoms with Gasteiger partial charge in [-0.05, 0) is 44.0 Å². The Kier molecular flexibility index (Phi) is 6.89. The summed E-state index contributed by atoms with van der Waals surface area (Å²) in [6.07, 6.45) is 0.791. The van der Waals surface area contributed by atoms with Gasteiger partial charge in [-0.3, -0.25) is 4.79 Å². The van der Waals surface area contributed by atoms with E-state index < -0.39 is 0 Å². The Morgan fingerprint density at radius 3 is 2.69 bits per heavy atom. The molecule has 0 saturated carbocycles. The molecule has 0 radical (unpaired) electrons. The van der Waals surface area contributed by atoms with Gasteiger partial charge < -0.3 is 20.4 Å². The normalized spacial score (nSPS) is 11.5. The number of aryl methyl sites for hydroxylation is 1. The average molecular weight is 393 g/mol. The molecule has 3 aromatic rings. The monoisotopic (exact) mass is 392 g/mol. The zero-order valence-electron chi connectivity index (χ0n) is 17.2. The summed E-state index contributed by atoms with van der Waals surface area (Å²) in [7, 11) is 1.64. The summed E-state index contributed by atoms with van der Waals surface area (Å²) in [4.78, 5) is 16.4. The van der Waals surface area contributed by atoms with E-state index in [1.165, 1.54) is 0 Å². The predicted molar refractivity (Wildman–Crippen MR) is 117 cm³/mol. The van der Waals surface area contributed by atoms with Gasteiger partial charge in [-0.1, -0.05) is 30.3 Å². The number of carbonyl (C=O) groups excluding carboxylic acids is 1. The summed E-state index contributed by atoms with van der Waals surface area (Å²) >= 11 is 0. The Morgan fingerprint density at radius 2 is 1.93 bits per heavy atom. The number of nitrogens with one attached hydrogen (secondary N) is 3. The number of hydrogen-bond acceptors (Lipinski definition) is 3. The summed E-state index contributed by atoms with van der Waals surface area (Å²) in [6, 6.07) is 15.7. The minimum atomic E-state index is -0.0732. The molecule has 2 aromatic carbocycles. The lowest BCUT2D eigenvalue weighted by atomic mass is 10.1. The van der Waals surface area contributed by atoms with Gasteiger partial charge in [0.25, 0.3) is 5.91 Å². The van der Waals surface area contributed by atoms with Crippen LogP contribution in [0.15, 0.2) is 57.9 Å². The summed E-state index contributed by atoms with van der Waals surface area (Å²) in [6.45, 7) is 6.06. The number of furan rings is 1. The molecule has 0 atom stereocenters. The molecule has 0 saturated heterocycles. The van der Waals surface area contributed by atoms with Crippen molar-refractivity contribution in [3.05, 3.63) is 71.0 Å². The van der Waals surface area contributed by atoms with Gasteiger partial charge in [0.05, 0.1) is 0 Å². The van der Waals surface area contributed by atoms with Gasteiger partial charge in [0.15, 0.2) is 5.96 Å². The predicted octanol–water partition coefficient (Wildman–Crippen LogP) is 3.40. The maximum Gasteiger partial charge on any atom is 0.251 e. The first-order valence-electron chi connectivity index (χ1n) is 9.92. The van der Waals surface area contributed by atoms with Crippen molar-refractivity contribution in [1.82, 2.24) is 16.0 Å². The van der Waals surface area contributed by atoms with E-state index in [1.54, 1.807) is 7.05 Å². The number of hydrogen-bond donors (Lipinski definition) is 3. The standard InChI is InChI=1S/C23H28N4O2/c1-4-25-23(26-13-12-17-8-7-9-18(14-17)22(28)24-3)27-15-21-16(2)19-10-5-6-11-20(19)29-21/h5-11,14H,4,12-13,15H2,1-3H3,(H,24,28)(H2,25,26,27). The van der Waals surface area contributed by atoms with Crippen LogP contribution in [0.4, 0.5) is 0 Å². The van der Waals surface area contributed by atoms with Gasteiger partial charge in [0, 0.05) is 36.7 Å². The fraction of sp³-hybridized carbons (Fsp3) is 0.304. The number of para-hydroxylation sites is 1. The molecule has 1 amide bonds. The van der Waals surface area contributed by atoms with Gasteiger partial charge in [0.1, 0.15) is 17.9 Å².